The molecule has 0 N–H and O–H groups in total. The molecule has 0 saturated heterocycles. The Morgan fingerprint density at radius 2 is 1.77 bits per heavy atom. The van der Waals surface area contributed by atoms with Crippen LogP contribution in [0, 0.1) is 26.6 Å². The zero-order valence-corrected chi connectivity index (χ0v) is 18.4. The molecule has 7 heteroatoms. The van der Waals surface area contributed by atoms with Crippen LogP contribution in [0.2, 0.25) is 0 Å². The smallest absolute Gasteiger partial charge is 0.267 e. The van der Waals surface area contributed by atoms with Gasteiger partial charge in [0.1, 0.15) is 18.1 Å². The molecule has 0 fully saturated rings. The highest BCUT2D eigenvalue weighted by molar-refractivity contribution is 7.15. The number of ketones is 1. The predicted molar refractivity (Wildman–Crippen MR) is 120 cm³/mol. The minimum Gasteiger partial charge on any atom is -0.344 e. The van der Waals surface area contributed by atoms with Gasteiger partial charge in [0.15, 0.2) is 5.78 Å². The first-order valence-corrected chi connectivity index (χ1v) is 10.7. The quantitative estimate of drug-likeness (QED) is 0.410. The second-order valence-corrected chi connectivity index (χ2v) is 8.83. The van der Waals surface area contributed by atoms with Gasteiger partial charge in [-0.05, 0) is 62.7 Å². The number of hydrogen-bond donors (Lipinski definition) is 0. The van der Waals surface area contributed by atoms with E-state index >= 15 is 0 Å². The Hall–Kier alpha value is -3.32. The van der Waals surface area contributed by atoms with Gasteiger partial charge >= 0.3 is 0 Å². The molecular formula is C24H22FN3O2S. The third-order valence-corrected chi connectivity index (χ3v) is 6.30. The average Bonchev–Trinajstić information content (AvgIpc) is 3.29. The number of carbonyl (C=O) groups excluding carboxylic acids is 1. The van der Waals surface area contributed by atoms with Crippen LogP contribution in [0.3, 0.4) is 0 Å². The first-order chi connectivity index (χ1) is 14.8. The molecule has 0 unspecified atom stereocenters. The van der Waals surface area contributed by atoms with Crippen molar-refractivity contribution in [2.75, 3.05) is 0 Å². The van der Waals surface area contributed by atoms with E-state index in [2.05, 4.69) is 5.10 Å². The monoisotopic (exact) mass is 435 g/mol. The van der Waals surface area contributed by atoms with Crippen LogP contribution < -0.4 is 5.56 Å². The summed E-state index contributed by atoms with van der Waals surface area (Å²) in [5.74, 6) is -0.453. The highest BCUT2D eigenvalue weighted by atomic mass is 32.1. The van der Waals surface area contributed by atoms with Crippen molar-refractivity contribution < 1.29 is 9.18 Å². The van der Waals surface area contributed by atoms with Crippen molar-refractivity contribution in [1.29, 1.82) is 0 Å². The number of nitrogens with zero attached hydrogens (tertiary/aromatic N) is 3. The van der Waals surface area contributed by atoms with Gasteiger partial charge < -0.3 is 4.57 Å². The van der Waals surface area contributed by atoms with Crippen molar-refractivity contribution in [3.8, 4) is 10.6 Å². The normalized spacial score (nSPS) is 11.1. The summed E-state index contributed by atoms with van der Waals surface area (Å²) in [6.45, 7) is 6.23. The number of Topliss-reactive ketones (excluding diaryl/α,β-unsaturated/α-hetero) is 1. The topological polar surface area (TPSA) is 56.9 Å². The molecule has 0 aliphatic rings. The van der Waals surface area contributed by atoms with Crippen LogP contribution in [0.25, 0.3) is 10.6 Å². The third-order valence-electron chi connectivity index (χ3n) is 5.28. The first-order valence-electron chi connectivity index (χ1n) is 9.91. The van der Waals surface area contributed by atoms with Crippen molar-refractivity contribution >= 4 is 17.1 Å². The van der Waals surface area contributed by atoms with Gasteiger partial charge in [-0.1, -0.05) is 12.1 Å². The molecule has 0 amide bonds. The molecule has 4 rings (SSSR count). The van der Waals surface area contributed by atoms with Crippen molar-refractivity contribution in [2.24, 2.45) is 0 Å². The van der Waals surface area contributed by atoms with E-state index in [0.717, 1.165) is 26.7 Å². The van der Waals surface area contributed by atoms with Crippen LogP contribution in [0.15, 0.2) is 59.4 Å². The third kappa shape index (κ3) is 4.41. The maximum atomic E-state index is 13.2. The van der Waals surface area contributed by atoms with Crippen LogP contribution in [0.1, 0.15) is 32.2 Å². The summed E-state index contributed by atoms with van der Waals surface area (Å²) in [4.78, 5) is 27.5. The number of aryl methyl sites for hydroxylation is 2. The zero-order valence-electron chi connectivity index (χ0n) is 17.6. The van der Waals surface area contributed by atoms with Gasteiger partial charge in [-0.2, -0.15) is 5.10 Å². The summed E-state index contributed by atoms with van der Waals surface area (Å²) in [5, 5.41) is 4.41. The maximum absolute atomic E-state index is 13.2. The Labute approximate surface area is 183 Å². The molecule has 0 radical (unpaired) electrons. The fraction of sp³-hybridized carbons (Fsp3) is 0.208. The Morgan fingerprint density at radius 3 is 2.45 bits per heavy atom. The molecule has 5 nitrogen and oxygen atoms in total. The molecule has 0 bridgehead atoms. The maximum Gasteiger partial charge on any atom is 0.267 e. The molecule has 4 aromatic rings. The SMILES string of the molecule is Cc1ccc(-c2ccc(=O)n(CC(=O)c3cc(C)n(Cc4ccc(F)cc4)c3C)n2)s1. The Kier molecular flexibility index (Phi) is 5.69. The van der Waals surface area contributed by atoms with Crippen molar-refractivity contribution in [1.82, 2.24) is 14.3 Å². The lowest BCUT2D eigenvalue weighted by Gasteiger charge is -2.10. The molecule has 0 atom stereocenters. The van der Waals surface area contributed by atoms with Crippen molar-refractivity contribution in [3.63, 3.8) is 0 Å². The number of benzene rings is 1. The summed E-state index contributed by atoms with van der Waals surface area (Å²) in [7, 11) is 0. The number of rotatable bonds is 6. The van der Waals surface area contributed by atoms with E-state index in [1.54, 1.807) is 29.5 Å². The van der Waals surface area contributed by atoms with Gasteiger partial charge in [-0.25, -0.2) is 9.07 Å². The van der Waals surface area contributed by atoms with Crippen molar-refractivity contribution in [3.05, 3.63) is 98.2 Å². The first kappa shape index (κ1) is 20.9. The van der Waals surface area contributed by atoms with Gasteiger partial charge in [0.05, 0.1) is 4.88 Å². The standard InChI is InChI=1S/C24H22FN3O2S/c1-15-12-20(17(3)27(15)13-18-5-7-19(25)8-6-18)22(29)14-28-24(30)11-9-21(26-28)23-10-4-16(2)31-23/h4-12H,13-14H2,1-3H3. The summed E-state index contributed by atoms with van der Waals surface area (Å²) in [6.07, 6.45) is 0. The number of carbonyl (C=O) groups is 1. The largest absolute Gasteiger partial charge is 0.344 e. The second-order valence-electron chi connectivity index (χ2n) is 7.55. The van der Waals surface area contributed by atoms with Gasteiger partial charge in [-0.3, -0.25) is 9.59 Å². The van der Waals surface area contributed by atoms with E-state index in [9.17, 15) is 14.0 Å². The number of aromatic nitrogens is 3. The zero-order chi connectivity index (χ0) is 22.1. The average molecular weight is 436 g/mol. The molecule has 158 valence electrons. The van der Waals surface area contributed by atoms with Crippen LogP contribution in [0.4, 0.5) is 4.39 Å². The molecule has 0 spiro atoms. The molecule has 0 saturated carbocycles. The fourth-order valence-electron chi connectivity index (χ4n) is 3.59. The number of thiophene rings is 1. The second kappa shape index (κ2) is 8.43. The summed E-state index contributed by atoms with van der Waals surface area (Å²) >= 11 is 1.59. The lowest BCUT2D eigenvalue weighted by molar-refractivity contribution is 0.0965. The highest BCUT2D eigenvalue weighted by Gasteiger charge is 2.18. The molecule has 3 aromatic heterocycles. The number of hydrogen-bond acceptors (Lipinski definition) is 4. The Bertz CT molecular complexity index is 1320. The van der Waals surface area contributed by atoms with E-state index < -0.39 is 0 Å². The Morgan fingerprint density at radius 1 is 1.03 bits per heavy atom. The molecule has 3 heterocycles. The van der Waals surface area contributed by atoms with Gasteiger partial charge in [0.25, 0.3) is 5.56 Å². The van der Waals surface area contributed by atoms with Gasteiger partial charge in [0, 0.05) is 34.4 Å². The van der Waals surface area contributed by atoms with Crippen LogP contribution in [-0.2, 0) is 13.1 Å². The minimum atomic E-state index is -0.314. The lowest BCUT2D eigenvalue weighted by Crippen LogP contribution is -2.26. The predicted octanol–water partition coefficient (Wildman–Crippen LogP) is 4.77. The molecule has 0 aliphatic heterocycles. The molecule has 1 aromatic carbocycles. The molecule has 31 heavy (non-hydrogen) atoms. The highest BCUT2D eigenvalue weighted by Crippen LogP contribution is 2.25. The van der Waals surface area contributed by atoms with E-state index in [0.29, 0.717) is 17.8 Å². The summed E-state index contributed by atoms with van der Waals surface area (Å²) in [5.41, 5.74) is 3.60. The van der Waals surface area contributed by atoms with E-state index in [4.69, 9.17) is 0 Å². The van der Waals surface area contributed by atoms with Gasteiger partial charge in [-0.15, -0.1) is 11.3 Å². The van der Waals surface area contributed by atoms with Crippen LogP contribution >= 0.6 is 11.3 Å². The molecule has 0 aliphatic carbocycles. The van der Waals surface area contributed by atoms with E-state index in [1.165, 1.54) is 22.9 Å². The lowest BCUT2D eigenvalue weighted by atomic mass is 10.1. The Balaban J connectivity index is 1.59. The van der Waals surface area contributed by atoms with Crippen LogP contribution in [-0.4, -0.2) is 20.1 Å². The van der Waals surface area contributed by atoms with Gasteiger partial charge in [0.2, 0.25) is 0 Å². The summed E-state index contributed by atoms with van der Waals surface area (Å²) < 4.78 is 16.4. The van der Waals surface area contributed by atoms with E-state index in [1.807, 2.05) is 43.5 Å². The van der Waals surface area contributed by atoms with Crippen LogP contribution in [0.5, 0.6) is 0 Å². The van der Waals surface area contributed by atoms with E-state index in [-0.39, 0.29) is 23.7 Å². The number of halogens is 1. The minimum absolute atomic E-state index is 0.127. The molecular weight excluding hydrogens is 413 g/mol. The fourth-order valence-corrected chi connectivity index (χ4v) is 4.42. The van der Waals surface area contributed by atoms with Crippen molar-refractivity contribution in [2.45, 2.75) is 33.9 Å². The summed E-state index contributed by atoms with van der Waals surface area (Å²) in [6, 6.07) is 15.2.